The molecule has 0 radical (unpaired) electrons. The van der Waals surface area contributed by atoms with Crippen molar-refractivity contribution in [3.8, 4) is 0 Å². The molecular weight excluding hydrogens is 220 g/mol. The third-order valence-corrected chi connectivity index (χ3v) is 3.32. The topological polar surface area (TPSA) is 78.4 Å². The number of carboxylic acids is 1. The van der Waals surface area contributed by atoms with Gasteiger partial charge in [-0.05, 0) is 38.5 Å². The van der Waals surface area contributed by atoms with E-state index in [0.717, 1.165) is 25.7 Å². The van der Waals surface area contributed by atoms with Gasteiger partial charge in [-0.1, -0.05) is 13.3 Å². The second kappa shape index (κ2) is 4.94. The second-order valence-electron chi connectivity index (χ2n) is 5.49. The molecule has 0 atom stereocenters. The van der Waals surface area contributed by atoms with Gasteiger partial charge in [0.05, 0.1) is 0 Å². The Hall–Kier alpha value is -1.26. The number of hydrogen-bond donors (Lipinski definition) is 3. The Bertz CT molecular complexity index is 309. The molecule has 0 aromatic carbocycles. The van der Waals surface area contributed by atoms with E-state index in [4.69, 9.17) is 5.11 Å². The van der Waals surface area contributed by atoms with Crippen molar-refractivity contribution in [2.24, 2.45) is 5.41 Å². The molecule has 0 bridgehead atoms. The summed E-state index contributed by atoms with van der Waals surface area (Å²) >= 11 is 0. The van der Waals surface area contributed by atoms with Crippen LogP contribution in [0.5, 0.6) is 0 Å². The second-order valence-corrected chi connectivity index (χ2v) is 5.49. The standard InChI is InChI=1S/C12H22N2O3/c1-4-5-12(6-7-12)8-13-10(17)14-11(2,3)9(15)16/h4-8H2,1-3H3,(H,15,16)(H2,13,14,17). The van der Waals surface area contributed by atoms with Crippen LogP contribution in [0, 0.1) is 5.41 Å². The van der Waals surface area contributed by atoms with Crippen LogP contribution in [0.2, 0.25) is 0 Å². The number of urea groups is 1. The fourth-order valence-electron chi connectivity index (χ4n) is 1.87. The molecule has 0 unspecified atom stereocenters. The molecule has 17 heavy (non-hydrogen) atoms. The van der Waals surface area contributed by atoms with Gasteiger partial charge in [-0.25, -0.2) is 9.59 Å². The van der Waals surface area contributed by atoms with Gasteiger partial charge in [0.15, 0.2) is 0 Å². The lowest BCUT2D eigenvalue weighted by atomic mass is 10.0. The molecule has 1 aliphatic rings. The molecule has 0 heterocycles. The number of amides is 2. The average molecular weight is 242 g/mol. The zero-order chi connectivity index (χ0) is 13.1. The average Bonchev–Trinajstić information content (AvgIpc) is 2.95. The fraction of sp³-hybridized carbons (Fsp3) is 0.833. The first-order valence-corrected chi connectivity index (χ1v) is 6.11. The van der Waals surface area contributed by atoms with Crippen molar-refractivity contribution >= 4 is 12.0 Å². The molecule has 1 fully saturated rings. The van der Waals surface area contributed by atoms with Crippen molar-refractivity contribution in [1.29, 1.82) is 0 Å². The SMILES string of the molecule is CCCC1(CNC(=O)NC(C)(C)C(=O)O)CC1. The summed E-state index contributed by atoms with van der Waals surface area (Å²) in [6, 6.07) is -0.403. The van der Waals surface area contributed by atoms with E-state index in [0.29, 0.717) is 6.54 Å². The Kier molecular flexibility index (Phi) is 4.01. The highest BCUT2D eigenvalue weighted by molar-refractivity contribution is 5.85. The third-order valence-electron chi connectivity index (χ3n) is 3.32. The normalized spacial score (nSPS) is 17.4. The van der Waals surface area contributed by atoms with Crippen molar-refractivity contribution in [2.45, 2.75) is 52.0 Å². The van der Waals surface area contributed by atoms with Crippen molar-refractivity contribution in [3.63, 3.8) is 0 Å². The van der Waals surface area contributed by atoms with E-state index in [2.05, 4.69) is 17.6 Å². The maximum Gasteiger partial charge on any atom is 0.328 e. The summed E-state index contributed by atoms with van der Waals surface area (Å²) in [5, 5.41) is 14.1. The Morgan fingerprint density at radius 3 is 2.35 bits per heavy atom. The van der Waals surface area contributed by atoms with Gasteiger partial charge in [0.2, 0.25) is 0 Å². The van der Waals surface area contributed by atoms with E-state index in [9.17, 15) is 9.59 Å². The van der Waals surface area contributed by atoms with Crippen LogP contribution in [0.4, 0.5) is 4.79 Å². The van der Waals surface area contributed by atoms with E-state index in [1.165, 1.54) is 13.8 Å². The lowest BCUT2D eigenvalue weighted by Gasteiger charge is -2.22. The van der Waals surface area contributed by atoms with Gasteiger partial charge in [0.1, 0.15) is 5.54 Å². The van der Waals surface area contributed by atoms with Gasteiger partial charge < -0.3 is 15.7 Å². The van der Waals surface area contributed by atoms with Gasteiger partial charge >= 0.3 is 12.0 Å². The summed E-state index contributed by atoms with van der Waals surface area (Å²) in [6.07, 6.45) is 4.55. The Labute approximate surface area is 102 Å². The van der Waals surface area contributed by atoms with Crippen molar-refractivity contribution in [2.75, 3.05) is 6.54 Å². The molecule has 5 nitrogen and oxygen atoms in total. The summed E-state index contributed by atoms with van der Waals surface area (Å²) in [4.78, 5) is 22.4. The smallest absolute Gasteiger partial charge is 0.328 e. The minimum Gasteiger partial charge on any atom is -0.480 e. The van der Waals surface area contributed by atoms with Gasteiger partial charge in [0.25, 0.3) is 0 Å². The number of rotatable bonds is 6. The molecule has 98 valence electrons. The first-order valence-electron chi connectivity index (χ1n) is 6.11. The summed E-state index contributed by atoms with van der Waals surface area (Å²) in [5.41, 5.74) is -0.953. The van der Waals surface area contributed by atoms with Crippen LogP contribution < -0.4 is 10.6 Å². The molecular formula is C12H22N2O3. The molecule has 2 amide bonds. The fourth-order valence-corrected chi connectivity index (χ4v) is 1.87. The molecule has 0 aromatic heterocycles. The minimum absolute atomic E-state index is 0.277. The third kappa shape index (κ3) is 3.91. The predicted octanol–water partition coefficient (Wildman–Crippen LogP) is 1.73. The molecule has 1 rings (SSSR count). The number of carbonyl (C=O) groups excluding carboxylic acids is 1. The van der Waals surface area contributed by atoms with E-state index in [1.807, 2.05) is 0 Å². The van der Waals surface area contributed by atoms with Crippen LogP contribution in [0.25, 0.3) is 0 Å². The molecule has 1 aliphatic carbocycles. The molecule has 1 saturated carbocycles. The molecule has 0 saturated heterocycles. The van der Waals surface area contributed by atoms with Crippen molar-refractivity contribution in [1.82, 2.24) is 10.6 Å². The van der Waals surface area contributed by atoms with Crippen molar-refractivity contribution < 1.29 is 14.7 Å². The Morgan fingerprint density at radius 2 is 1.94 bits per heavy atom. The first kappa shape index (κ1) is 13.8. The highest BCUT2D eigenvalue weighted by Gasteiger charge is 2.41. The van der Waals surface area contributed by atoms with E-state index >= 15 is 0 Å². The van der Waals surface area contributed by atoms with Crippen LogP contribution in [0.15, 0.2) is 0 Å². The number of nitrogens with one attached hydrogen (secondary N) is 2. The summed E-state index contributed by atoms with van der Waals surface area (Å²) in [7, 11) is 0. The van der Waals surface area contributed by atoms with E-state index in [1.54, 1.807) is 0 Å². The Morgan fingerprint density at radius 1 is 1.35 bits per heavy atom. The molecule has 0 aromatic rings. The molecule has 5 heteroatoms. The van der Waals surface area contributed by atoms with Gasteiger partial charge in [0, 0.05) is 6.54 Å². The predicted molar refractivity (Wildman–Crippen MR) is 64.8 cm³/mol. The highest BCUT2D eigenvalue weighted by Crippen LogP contribution is 2.48. The number of carbonyl (C=O) groups is 2. The van der Waals surface area contributed by atoms with Gasteiger partial charge in [-0.15, -0.1) is 0 Å². The van der Waals surface area contributed by atoms with E-state index in [-0.39, 0.29) is 5.41 Å². The number of aliphatic carboxylic acids is 1. The molecule has 0 spiro atoms. The zero-order valence-electron chi connectivity index (χ0n) is 10.8. The van der Waals surface area contributed by atoms with Crippen LogP contribution in [-0.2, 0) is 4.79 Å². The number of carboxylic acid groups (broad SMARTS) is 1. The van der Waals surface area contributed by atoms with Crippen LogP contribution in [-0.4, -0.2) is 29.2 Å². The van der Waals surface area contributed by atoms with Crippen LogP contribution >= 0.6 is 0 Å². The minimum atomic E-state index is -1.23. The van der Waals surface area contributed by atoms with Crippen molar-refractivity contribution in [3.05, 3.63) is 0 Å². The summed E-state index contributed by atoms with van der Waals surface area (Å²) < 4.78 is 0. The first-order chi connectivity index (χ1) is 7.81. The zero-order valence-corrected chi connectivity index (χ0v) is 10.8. The van der Waals surface area contributed by atoms with Gasteiger partial charge in [-0.2, -0.15) is 0 Å². The van der Waals surface area contributed by atoms with Gasteiger partial charge in [-0.3, -0.25) is 0 Å². The van der Waals surface area contributed by atoms with E-state index < -0.39 is 17.5 Å². The maximum atomic E-state index is 11.6. The quantitative estimate of drug-likeness (QED) is 0.663. The van der Waals surface area contributed by atoms with Crippen LogP contribution in [0.1, 0.15) is 46.5 Å². The highest BCUT2D eigenvalue weighted by atomic mass is 16.4. The summed E-state index contributed by atoms with van der Waals surface area (Å²) in [6.45, 7) is 5.71. The lowest BCUT2D eigenvalue weighted by Crippen LogP contribution is -2.53. The molecule has 0 aliphatic heterocycles. The number of hydrogen-bond acceptors (Lipinski definition) is 2. The lowest BCUT2D eigenvalue weighted by molar-refractivity contribution is -0.142. The van der Waals surface area contributed by atoms with Crippen LogP contribution in [0.3, 0.4) is 0 Å². The Balaban J connectivity index is 2.33. The monoisotopic (exact) mass is 242 g/mol. The summed E-state index contributed by atoms with van der Waals surface area (Å²) in [5.74, 6) is -1.04. The molecule has 3 N–H and O–H groups in total. The largest absolute Gasteiger partial charge is 0.480 e. The maximum absolute atomic E-state index is 11.6.